The summed E-state index contributed by atoms with van der Waals surface area (Å²) in [6.45, 7) is 1.38. The van der Waals surface area contributed by atoms with Crippen LogP contribution >= 0.6 is 0 Å². The van der Waals surface area contributed by atoms with Crippen LogP contribution in [0.1, 0.15) is 5.56 Å². The van der Waals surface area contributed by atoms with Crippen molar-refractivity contribution in [3.8, 4) is 11.8 Å². The molecule has 1 aliphatic rings. The summed E-state index contributed by atoms with van der Waals surface area (Å²) < 4.78 is 47.1. The molecule has 0 fully saturated rings. The number of fused-ring (bicyclic) bond motifs is 1. The molecule has 0 amide bonds. The number of nitrogens with one attached hydrogen (secondary N) is 1. The third-order valence-electron chi connectivity index (χ3n) is 3.75. The van der Waals surface area contributed by atoms with E-state index in [0.29, 0.717) is 26.1 Å². The Hall–Kier alpha value is -2.82. The molecule has 0 bridgehead atoms. The van der Waals surface area contributed by atoms with Gasteiger partial charge >= 0.3 is 18.2 Å². The summed E-state index contributed by atoms with van der Waals surface area (Å²) in [5.41, 5.74) is 0.850. The Morgan fingerprint density at radius 3 is 2.77 bits per heavy atom. The topological polar surface area (TPSA) is 91.5 Å². The second-order valence-corrected chi connectivity index (χ2v) is 5.69. The van der Waals surface area contributed by atoms with Crippen LogP contribution in [0.15, 0.2) is 30.5 Å². The Morgan fingerprint density at radius 2 is 2.12 bits per heavy atom. The van der Waals surface area contributed by atoms with E-state index in [1.54, 1.807) is 16.7 Å². The van der Waals surface area contributed by atoms with Gasteiger partial charge in [0.25, 0.3) is 0 Å². The fourth-order valence-electron chi connectivity index (χ4n) is 2.59. The van der Waals surface area contributed by atoms with Crippen molar-refractivity contribution in [2.45, 2.75) is 25.4 Å². The Kier molecular flexibility index (Phi) is 4.98. The van der Waals surface area contributed by atoms with Crippen molar-refractivity contribution in [3.63, 3.8) is 0 Å². The number of benzene rings is 1. The molecule has 26 heavy (non-hydrogen) atoms. The van der Waals surface area contributed by atoms with Gasteiger partial charge in [-0.25, -0.2) is 0 Å². The molecule has 2 aromatic rings. The average Bonchev–Trinajstić information content (AvgIpc) is 2.99. The highest BCUT2D eigenvalue weighted by molar-refractivity contribution is 5.27. The number of halogens is 3. The van der Waals surface area contributed by atoms with Crippen molar-refractivity contribution >= 4 is 5.82 Å². The molecule has 11 heteroatoms. The van der Waals surface area contributed by atoms with Gasteiger partial charge in [-0.05, 0) is 35.6 Å². The minimum atomic E-state index is -4.70. The molecule has 140 valence electrons. The highest BCUT2D eigenvalue weighted by atomic mass is 19.4. The van der Waals surface area contributed by atoms with Crippen LogP contribution < -0.4 is 14.8 Å². The number of nitrogens with zero attached hydrogens (tertiary/aromatic N) is 3. The molecule has 1 aliphatic heterocycles. The Labute approximate surface area is 145 Å². The largest absolute Gasteiger partial charge is 0.573 e. The molecule has 0 saturated carbocycles. The molecule has 1 aromatic heterocycles. The zero-order valence-corrected chi connectivity index (χ0v) is 13.4. The first-order valence-electron chi connectivity index (χ1n) is 7.72. The summed E-state index contributed by atoms with van der Waals surface area (Å²) >= 11 is 0. The minimum Gasteiger partial charge on any atom is -0.444 e. The van der Waals surface area contributed by atoms with Gasteiger partial charge in [-0.3, -0.25) is 4.57 Å². The number of hydrogen-bond donors (Lipinski definition) is 1. The van der Waals surface area contributed by atoms with Gasteiger partial charge in [-0.15, -0.1) is 13.2 Å². The van der Waals surface area contributed by atoms with E-state index >= 15 is 0 Å². The molecule has 1 N–H and O–H groups in total. The molecule has 0 spiro atoms. The molecule has 3 rings (SSSR count). The van der Waals surface area contributed by atoms with Gasteiger partial charge in [-0.2, -0.15) is 0 Å². The highest BCUT2D eigenvalue weighted by Crippen LogP contribution is 2.23. The maximum Gasteiger partial charge on any atom is 0.573 e. The van der Waals surface area contributed by atoms with E-state index in [1.165, 1.54) is 18.3 Å². The zero-order valence-electron chi connectivity index (χ0n) is 13.4. The minimum absolute atomic E-state index is 0.0517. The molecule has 0 aliphatic carbocycles. The first-order valence-corrected chi connectivity index (χ1v) is 7.72. The number of alkyl halides is 3. The van der Waals surface area contributed by atoms with E-state index in [0.717, 1.165) is 5.56 Å². The molecule has 0 saturated heterocycles. The van der Waals surface area contributed by atoms with Gasteiger partial charge < -0.3 is 24.9 Å². The average molecular weight is 372 g/mol. The maximum absolute atomic E-state index is 12.1. The van der Waals surface area contributed by atoms with Crippen LogP contribution in [0.2, 0.25) is 0 Å². The van der Waals surface area contributed by atoms with E-state index < -0.39 is 11.3 Å². The van der Waals surface area contributed by atoms with E-state index in [4.69, 9.17) is 4.74 Å². The fourth-order valence-corrected chi connectivity index (χ4v) is 2.59. The quantitative estimate of drug-likeness (QED) is 0.618. The van der Waals surface area contributed by atoms with Gasteiger partial charge in [0.2, 0.25) is 0 Å². The summed E-state index contributed by atoms with van der Waals surface area (Å²) in [7, 11) is 0. The van der Waals surface area contributed by atoms with E-state index in [9.17, 15) is 23.3 Å². The van der Waals surface area contributed by atoms with Crippen molar-refractivity contribution < 1.29 is 27.6 Å². The molecule has 8 nitrogen and oxygen atoms in total. The van der Waals surface area contributed by atoms with Gasteiger partial charge in [0.05, 0.1) is 6.04 Å². The Balaban J connectivity index is 1.47. The van der Waals surface area contributed by atoms with E-state index in [-0.39, 0.29) is 23.6 Å². The molecule has 0 unspecified atom stereocenters. The highest BCUT2D eigenvalue weighted by Gasteiger charge is 2.31. The molecular weight excluding hydrogens is 357 g/mol. The summed E-state index contributed by atoms with van der Waals surface area (Å²) in [5, 5.41) is 14.0. The van der Waals surface area contributed by atoms with Crippen LogP contribution in [0.25, 0.3) is 0 Å². The second-order valence-electron chi connectivity index (χ2n) is 5.69. The summed E-state index contributed by atoms with van der Waals surface area (Å²) in [5.74, 6) is -0.522. The monoisotopic (exact) mass is 372 g/mol. The van der Waals surface area contributed by atoms with Gasteiger partial charge in [0.1, 0.15) is 18.6 Å². The second kappa shape index (κ2) is 7.20. The molecule has 1 aromatic carbocycles. The van der Waals surface area contributed by atoms with E-state index in [2.05, 4.69) is 15.0 Å². The first kappa shape index (κ1) is 18.0. The summed E-state index contributed by atoms with van der Waals surface area (Å²) in [6.07, 6.45) is -2.78. The number of hydrogen-bond acceptors (Lipinski definition) is 6. The Morgan fingerprint density at radius 1 is 1.38 bits per heavy atom. The van der Waals surface area contributed by atoms with Crippen LogP contribution in [0, 0.1) is 10.1 Å². The molecule has 2 heterocycles. The maximum atomic E-state index is 12.1. The normalized spacial score (nSPS) is 16.7. The molecule has 0 radical (unpaired) electrons. The fraction of sp³-hybridized carbons (Fsp3) is 0.400. The number of ether oxygens (including phenoxy) is 2. The summed E-state index contributed by atoms with van der Waals surface area (Å²) in [4.78, 5) is 13.9. The van der Waals surface area contributed by atoms with Gasteiger partial charge in [0.15, 0.2) is 0 Å². The van der Waals surface area contributed by atoms with Crippen molar-refractivity contribution in [3.05, 3.63) is 46.1 Å². The molecule has 1 atom stereocenters. The number of rotatable bonds is 6. The lowest BCUT2D eigenvalue weighted by atomic mass is 10.1. The number of aromatic nitrogens is 2. The standard InChI is InChI=1S/C15H15F3N4O4/c16-15(17,18)26-12-3-1-10(2-4-12)5-6-19-11-7-21-8-13(22(23)24)20-14(21)25-9-11/h1-4,8,11,19H,5-7,9H2/t11-/m0/s1. The van der Waals surface area contributed by atoms with Crippen LogP contribution in [0.5, 0.6) is 11.8 Å². The van der Waals surface area contributed by atoms with Crippen LogP contribution in [-0.2, 0) is 13.0 Å². The number of nitro groups is 1. The lowest BCUT2D eigenvalue weighted by molar-refractivity contribution is -0.389. The van der Waals surface area contributed by atoms with Crippen LogP contribution in [0.4, 0.5) is 19.0 Å². The Bertz CT molecular complexity index is 776. The van der Waals surface area contributed by atoms with Crippen molar-refractivity contribution in [1.82, 2.24) is 14.9 Å². The first-order chi connectivity index (χ1) is 12.3. The van der Waals surface area contributed by atoms with Crippen LogP contribution in [0.3, 0.4) is 0 Å². The predicted octanol–water partition coefficient (Wildman–Crippen LogP) is 2.28. The zero-order chi connectivity index (χ0) is 18.7. The van der Waals surface area contributed by atoms with Gasteiger partial charge in [0, 0.05) is 11.5 Å². The number of imidazole rings is 1. The van der Waals surface area contributed by atoms with Crippen molar-refractivity contribution in [2.75, 3.05) is 13.2 Å². The smallest absolute Gasteiger partial charge is 0.444 e. The summed E-state index contributed by atoms with van der Waals surface area (Å²) in [6, 6.07) is 5.83. The van der Waals surface area contributed by atoms with Crippen molar-refractivity contribution in [2.24, 2.45) is 0 Å². The lowest BCUT2D eigenvalue weighted by Gasteiger charge is -2.23. The van der Waals surface area contributed by atoms with Gasteiger partial charge in [-0.1, -0.05) is 12.1 Å². The lowest BCUT2D eigenvalue weighted by Crippen LogP contribution is -2.42. The SMILES string of the molecule is O=[N+]([O-])c1cn2c(n1)OC[C@@H](NCCc1ccc(OC(F)(F)F)cc1)C2. The van der Waals surface area contributed by atoms with Crippen molar-refractivity contribution in [1.29, 1.82) is 0 Å². The molecular formula is C15H15F3N4O4. The predicted molar refractivity (Wildman–Crippen MR) is 83.0 cm³/mol. The van der Waals surface area contributed by atoms with Crippen LogP contribution in [-0.4, -0.2) is 40.0 Å². The third-order valence-corrected chi connectivity index (χ3v) is 3.75. The van der Waals surface area contributed by atoms with E-state index in [1.807, 2.05) is 0 Å². The third kappa shape index (κ3) is 4.63.